The molecule has 0 radical (unpaired) electrons. The molecule has 3 nitrogen and oxygen atoms in total. The highest BCUT2D eigenvalue weighted by Gasteiger charge is 2.28. The van der Waals surface area contributed by atoms with Crippen molar-refractivity contribution in [2.45, 2.75) is 44.7 Å². The molecule has 2 heterocycles. The summed E-state index contributed by atoms with van der Waals surface area (Å²) in [7, 11) is 0. The number of nitrogens with zero attached hydrogens (tertiary/aromatic N) is 2. The highest BCUT2D eigenvalue weighted by atomic mass is 15.2. The highest BCUT2D eigenvalue weighted by Crippen LogP contribution is 2.28. The first-order chi connectivity index (χ1) is 8.81. The topological polar surface area (TPSA) is 28.2 Å². The first-order valence-electron chi connectivity index (χ1n) is 7.22. The maximum atomic E-state index is 4.08. The molecule has 3 heteroatoms. The fraction of sp³-hybridized carbons (Fsp3) is 0.667. The molecule has 2 aliphatic rings. The summed E-state index contributed by atoms with van der Waals surface area (Å²) < 4.78 is 0. The minimum Gasteiger partial charge on any atom is -0.371 e. The number of nitrogens with one attached hydrogen (secondary N) is 1. The normalized spacial score (nSPS) is 29.1. The van der Waals surface area contributed by atoms with Gasteiger partial charge in [-0.1, -0.05) is 6.92 Å². The van der Waals surface area contributed by atoms with Gasteiger partial charge in [0.25, 0.3) is 0 Å². The van der Waals surface area contributed by atoms with Gasteiger partial charge < -0.3 is 10.2 Å². The van der Waals surface area contributed by atoms with Gasteiger partial charge in [-0.15, -0.1) is 0 Å². The van der Waals surface area contributed by atoms with Gasteiger partial charge in [-0.2, -0.15) is 0 Å². The zero-order valence-corrected chi connectivity index (χ0v) is 11.2. The van der Waals surface area contributed by atoms with Crippen molar-refractivity contribution < 1.29 is 0 Å². The minimum absolute atomic E-state index is 0.737. The van der Waals surface area contributed by atoms with Gasteiger partial charge in [0, 0.05) is 43.3 Å². The van der Waals surface area contributed by atoms with Crippen LogP contribution < -0.4 is 10.2 Å². The van der Waals surface area contributed by atoms with Crippen molar-refractivity contribution in [1.82, 2.24) is 10.3 Å². The van der Waals surface area contributed by atoms with Gasteiger partial charge in [-0.3, -0.25) is 4.98 Å². The van der Waals surface area contributed by atoms with E-state index in [4.69, 9.17) is 0 Å². The van der Waals surface area contributed by atoms with E-state index < -0.39 is 0 Å². The number of anilines is 1. The number of pyridine rings is 1. The monoisotopic (exact) mass is 245 g/mol. The third kappa shape index (κ3) is 2.66. The van der Waals surface area contributed by atoms with E-state index in [2.05, 4.69) is 34.3 Å². The van der Waals surface area contributed by atoms with Gasteiger partial charge in [-0.25, -0.2) is 0 Å². The summed E-state index contributed by atoms with van der Waals surface area (Å²) in [6, 6.07) is 5.76. The Labute approximate surface area is 110 Å². The van der Waals surface area contributed by atoms with Crippen LogP contribution in [0.3, 0.4) is 0 Å². The number of piperidine rings is 1. The first kappa shape index (κ1) is 12.0. The van der Waals surface area contributed by atoms with Crippen LogP contribution in [0.1, 0.15) is 32.6 Å². The van der Waals surface area contributed by atoms with E-state index in [9.17, 15) is 0 Å². The molecule has 0 atom stereocenters. The second kappa shape index (κ2) is 5.27. The fourth-order valence-electron chi connectivity index (χ4n) is 3.23. The summed E-state index contributed by atoms with van der Waals surface area (Å²) in [5.41, 5.74) is 1.32. The second-order valence-electron chi connectivity index (χ2n) is 5.91. The molecule has 1 saturated carbocycles. The zero-order chi connectivity index (χ0) is 12.4. The summed E-state index contributed by atoms with van der Waals surface area (Å²) in [5, 5.41) is 3.82. The molecular weight excluding hydrogens is 222 g/mol. The van der Waals surface area contributed by atoms with Gasteiger partial charge >= 0.3 is 0 Å². The van der Waals surface area contributed by atoms with Gasteiger partial charge in [0.2, 0.25) is 0 Å². The zero-order valence-electron chi connectivity index (χ0n) is 11.2. The molecule has 0 aromatic carbocycles. The van der Waals surface area contributed by atoms with Crippen LogP contribution >= 0.6 is 0 Å². The average molecular weight is 245 g/mol. The van der Waals surface area contributed by atoms with E-state index in [0.29, 0.717) is 0 Å². The van der Waals surface area contributed by atoms with Gasteiger partial charge in [-0.05, 0) is 43.7 Å². The highest BCUT2D eigenvalue weighted by molar-refractivity contribution is 5.44. The Hall–Kier alpha value is -1.09. The lowest BCUT2D eigenvalue weighted by Gasteiger charge is -2.40. The predicted molar refractivity (Wildman–Crippen MR) is 74.8 cm³/mol. The standard InChI is InChI=1S/C15H23N3/c1-12-10-14(11-12)17-13-4-8-18(9-5-13)15-2-6-16-7-3-15/h2-3,6-7,12-14,17H,4-5,8-11H2,1H3. The van der Waals surface area contributed by atoms with Crippen LogP contribution in [-0.4, -0.2) is 30.2 Å². The van der Waals surface area contributed by atoms with Crippen LogP contribution in [0.15, 0.2) is 24.5 Å². The maximum Gasteiger partial charge on any atom is 0.0397 e. The van der Waals surface area contributed by atoms with Crippen LogP contribution in [0.2, 0.25) is 0 Å². The smallest absolute Gasteiger partial charge is 0.0397 e. The average Bonchev–Trinajstić information content (AvgIpc) is 2.39. The lowest BCUT2D eigenvalue weighted by atomic mass is 9.81. The molecule has 1 aliphatic carbocycles. The molecule has 1 aliphatic heterocycles. The molecule has 0 unspecified atom stereocenters. The third-order valence-corrected chi connectivity index (χ3v) is 4.37. The molecule has 18 heavy (non-hydrogen) atoms. The molecule has 1 N–H and O–H groups in total. The van der Waals surface area contributed by atoms with Gasteiger partial charge in [0.15, 0.2) is 0 Å². The predicted octanol–water partition coefficient (Wildman–Crippen LogP) is 2.44. The van der Waals surface area contributed by atoms with E-state index in [-0.39, 0.29) is 0 Å². The van der Waals surface area contributed by atoms with Crippen LogP contribution in [0.25, 0.3) is 0 Å². The Balaban J connectivity index is 1.46. The van der Waals surface area contributed by atoms with Crippen LogP contribution in [0.4, 0.5) is 5.69 Å². The quantitative estimate of drug-likeness (QED) is 0.886. The Kier molecular flexibility index (Phi) is 3.50. The summed E-state index contributed by atoms with van der Waals surface area (Å²) in [6.07, 6.45) is 9.07. The second-order valence-corrected chi connectivity index (χ2v) is 5.91. The molecule has 0 spiro atoms. The molecule has 0 amide bonds. The fourth-order valence-corrected chi connectivity index (χ4v) is 3.23. The maximum absolute atomic E-state index is 4.08. The Morgan fingerprint density at radius 2 is 1.78 bits per heavy atom. The number of hydrogen-bond acceptors (Lipinski definition) is 3. The van der Waals surface area contributed by atoms with Crippen molar-refractivity contribution in [3.05, 3.63) is 24.5 Å². The minimum atomic E-state index is 0.737. The Morgan fingerprint density at radius 1 is 1.11 bits per heavy atom. The molecule has 0 bridgehead atoms. The SMILES string of the molecule is CC1CC(NC2CCN(c3ccncc3)CC2)C1. The Morgan fingerprint density at radius 3 is 2.39 bits per heavy atom. The summed E-state index contributed by atoms with van der Waals surface area (Å²) in [6.45, 7) is 4.69. The van der Waals surface area contributed by atoms with E-state index in [1.807, 2.05) is 12.4 Å². The first-order valence-corrected chi connectivity index (χ1v) is 7.22. The number of aromatic nitrogens is 1. The van der Waals surface area contributed by atoms with Crippen molar-refractivity contribution in [3.63, 3.8) is 0 Å². The lowest BCUT2D eigenvalue weighted by molar-refractivity contribution is 0.211. The molecule has 1 saturated heterocycles. The van der Waals surface area contributed by atoms with Crippen molar-refractivity contribution >= 4 is 5.69 Å². The van der Waals surface area contributed by atoms with Crippen molar-refractivity contribution in [3.8, 4) is 0 Å². The molecule has 1 aromatic rings. The van der Waals surface area contributed by atoms with E-state index in [1.54, 1.807) is 0 Å². The van der Waals surface area contributed by atoms with Crippen molar-refractivity contribution in [2.24, 2.45) is 5.92 Å². The third-order valence-electron chi connectivity index (χ3n) is 4.37. The molecule has 1 aromatic heterocycles. The van der Waals surface area contributed by atoms with Gasteiger partial charge in [0.1, 0.15) is 0 Å². The van der Waals surface area contributed by atoms with Crippen molar-refractivity contribution in [1.29, 1.82) is 0 Å². The van der Waals surface area contributed by atoms with Crippen LogP contribution in [-0.2, 0) is 0 Å². The van der Waals surface area contributed by atoms with E-state index in [1.165, 1.54) is 44.5 Å². The largest absolute Gasteiger partial charge is 0.371 e. The number of hydrogen-bond donors (Lipinski definition) is 1. The molecule has 98 valence electrons. The Bertz CT molecular complexity index is 365. The summed E-state index contributed by atoms with van der Waals surface area (Å²) >= 11 is 0. The molecule has 2 fully saturated rings. The van der Waals surface area contributed by atoms with Gasteiger partial charge in [0.05, 0.1) is 0 Å². The van der Waals surface area contributed by atoms with Crippen molar-refractivity contribution in [2.75, 3.05) is 18.0 Å². The van der Waals surface area contributed by atoms with Crippen LogP contribution in [0.5, 0.6) is 0 Å². The molecular formula is C15H23N3. The van der Waals surface area contributed by atoms with E-state index >= 15 is 0 Å². The summed E-state index contributed by atoms with van der Waals surface area (Å²) in [5.74, 6) is 0.944. The summed E-state index contributed by atoms with van der Waals surface area (Å²) in [4.78, 5) is 6.56. The lowest BCUT2D eigenvalue weighted by Crippen LogP contribution is -2.50. The molecule has 3 rings (SSSR count). The van der Waals surface area contributed by atoms with Crippen LogP contribution in [0, 0.1) is 5.92 Å². The van der Waals surface area contributed by atoms with E-state index in [0.717, 1.165) is 18.0 Å². The number of rotatable bonds is 3.